The molecule has 0 aliphatic carbocycles. The Labute approximate surface area is 116 Å². The summed E-state index contributed by atoms with van der Waals surface area (Å²) < 4.78 is 10.1. The van der Waals surface area contributed by atoms with Gasteiger partial charge in [0.2, 0.25) is 0 Å². The molecule has 0 unspecified atom stereocenters. The number of hydrogen-bond donors (Lipinski definition) is 0. The van der Waals surface area contributed by atoms with Crippen LogP contribution in [0.3, 0.4) is 0 Å². The van der Waals surface area contributed by atoms with Crippen LogP contribution in [0.15, 0.2) is 11.6 Å². The van der Waals surface area contributed by atoms with Gasteiger partial charge in [0.25, 0.3) is 0 Å². The van der Waals surface area contributed by atoms with Gasteiger partial charge < -0.3 is 9.47 Å². The van der Waals surface area contributed by atoms with Crippen LogP contribution < -0.4 is 0 Å². The van der Waals surface area contributed by atoms with E-state index in [-0.39, 0.29) is 5.57 Å². The summed E-state index contributed by atoms with van der Waals surface area (Å²) in [5.41, 5.74) is -0.00648. The van der Waals surface area contributed by atoms with Crippen molar-refractivity contribution in [3.63, 3.8) is 0 Å². The zero-order valence-corrected chi connectivity index (χ0v) is 12.4. The van der Waals surface area contributed by atoms with Crippen LogP contribution >= 0.6 is 0 Å². The molecule has 0 N–H and O–H groups in total. The number of carbonyl (C=O) groups excluding carboxylic acids is 2. The summed E-state index contributed by atoms with van der Waals surface area (Å²) in [6.07, 6.45) is 7.25. The summed E-state index contributed by atoms with van der Waals surface area (Å²) >= 11 is 0. The number of ether oxygens (including phenoxy) is 2. The smallest absolute Gasteiger partial charge is 0.345 e. The highest BCUT2D eigenvalue weighted by Crippen LogP contribution is 2.05. The second kappa shape index (κ2) is 11.8. The maximum absolute atomic E-state index is 11.7. The molecular formula is C15H26O4. The molecule has 0 bridgehead atoms. The van der Waals surface area contributed by atoms with Gasteiger partial charge in [0.15, 0.2) is 0 Å². The molecule has 0 saturated heterocycles. The van der Waals surface area contributed by atoms with Crippen LogP contribution in [0.5, 0.6) is 0 Å². The summed E-state index contributed by atoms with van der Waals surface area (Å²) in [4.78, 5) is 23.4. The highest BCUT2D eigenvalue weighted by atomic mass is 16.6. The second-order valence-electron chi connectivity index (χ2n) is 4.39. The molecule has 0 aromatic rings. The largest absolute Gasteiger partial charge is 0.462 e. The Hall–Kier alpha value is -1.32. The monoisotopic (exact) mass is 270 g/mol. The zero-order chi connectivity index (χ0) is 14.5. The van der Waals surface area contributed by atoms with Crippen LogP contribution in [-0.4, -0.2) is 25.2 Å². The van der Waals surface area contributed by atoms with Crippen molar-refractivity contribution in [2.45, 2.75) is 59.3 Å². The molecule has 4 heteroatoms. The molecule has 0 spiro atoms. The SMILES string of the molecule is CC=C(C(=O)OCCCCC)C(=O)OCCCCC. The molecular weight excluding hydrogens is 244 g/mol. The lowest BCUT2D eigenvalue weighted by Crippen LogP contribution is -2.19. The van der Waals surface area contributed by atoms with Gasteiger partial charge in [0.1, 0.15) is 5.57 Å². The summed E-state index contributed by atoms with van der Waals surface area (Å²) in [6, 6.07) is 0. The summed E-state index contributed by atoms with van der Waals surface area (Å²) in [6.45, 7) is 6.50. The highest BCUT2D eigenvalue weighted by molar-refractivity contribution is 6.13. The van der Waals surface area contributed by atoms with Crippen molar-refractivity contribution in [3.8, 4) is 0 Å². The summed E-state index contributed by atoms with van der Waals surface area (Å²) in [7, 11) is 0. The Balaban J connectivity index is 4.03. The minimum atomic E-state index is -0.584. The quantitative estimate of drug-likeness (QED) is 0.201. The van der Waals surface area contributed by atoms with Crippen molar-refractivity contribution in [1.82, 2.24) is 0 Å². The van der Waals surface area contributed by atoms with Gasteiger partial charge in [0.05, 0.1) is 13.2 Å². The van der Waals surface area contributed by atoms with E-state index in [9.17, 15) is 9.59 Å². The number of allylic oxidation sites excluding steroid dienone is 1. The average Bonchev–Trinajstić information content (AvgIpc) is 2.40. The van der Waals surface area contributed by atoms with Crippen molar-refractivity contribution in [2.24, 2.45) is 0 Å². The van der Waals surface area contributed by atoms with Crippen molar-refractivity contribution >= 4 is 11.9 Å². The van der Waals surface area contributed by atoms with Crippen molar-refractivity contribution in [1.29, 1.82) is 0 Å². The van der Waals surface area contributed by atoms with E-state index in [2.05, 4.69) is 13.8 Å². The lowest BCUT2D eigenvalue weighted by Gasteiger charge is -2.08. The fraction of sp³-hybridized carbons (Fsp3) is 0.733. The molecule has 0 amide bonds. The van der Waals surface area contributed by atoms with Crippen LogP contribution in [0.1, 0.15) is 59.3 Å². The van der Waals surface area contributed by atoms with Crippen LogP contribution in [0.4, 0.5) is 0 Å². The van der Waals surface area contributed by atoms with Crippen LogP contribution in [0.25, 0.3) is 0 Å². The van der Waals surface area contributed by atoms with Crippen LogP contribution in [-0.2, 0) is 19.1 Å². The third-order valence-electron chi connectivity index (χ3n) is 2.69. The van der Waals surface area contributed by atoms with Gasteiger partial charge in [0, 0.05) is 0 Å². The second-order valence-corrected chi connectivity index (χ2v) is 4.39. The molecule has 19 heavy (non-hydrogen) atoms. The van der Waals surface area contributed by atoms with Crippen LogP contribution in [0, 0.1) is 0 Å². The number of rotatable bonds is 10. The summed E-state index contributed by atoms with van der Waals surface area (Å²) in [5, 5.41) is 0. The zero-order valence-electron chi connectivity index (χ0n) is 12.4. The fourth-order valence-corrected chi connectivity index (χ4v) is 1.51. The standard InChI is InChI=1S/C15H26O4/c1-4-7-9-11-18-14(16)13(6-3)15(17)19-12-10-8-5-2/h6H,4-5,7-12H2,1-3H3. The van der Waals surface area contributed by atoms with E-state index in [1.165, 1.54) is 6.08 Å². The van der Waals surface area contributed by atoms with Gasteiger partial charge in [-0.3, -0.25) is 0 Å². The van der Waals surface area contributed by atoms with Gasteiger partial charge in [-0.25, -0.2) is 9.59 Å². The number of esters is 2. The Morgan fingerprint density at radius 3 is 1.58 bits per heavy atom. The van der Waals surface area contributed by atoms with E-state index >= 15 is 0 Å². The third-order valence-corrected chi connectivity index (χ3v) is 2.69. The Kier molecular flexibility index (Phi) is 10.9. The average molecular weight is 270 g/mol. The molecule has 110 valence electrons. The fourth-order valence-electron chi connectivity index (χ4n) is 1.51. The highest BCUT2D eigenvalue weighted by Gasteiger charge is 2.19. The van der Waals surface area contributed by atoms with Crippen molar-refractivity contribution < 1.29 is 19.1 Å². The normalized spacial score (nSPS) is 9.84. The molecule has 0 aliphatic rings. The van der Waals surface area contributed by atoms with Gasteiger partial charge in [-0.15, -0.1) is 0 Å². The van der Waals surface area contributed by atoms with Gasteiger partial charge in [-0.2, -0.15) is 0 Å². The van der Waals surface area contributed by atoms with E-state index in [4.69, 9.17) is 9.47 Å². The predicted octanol–water partition coefficient (Wildman–Crippen LogP) is 3.40. The van der Waals surface area contributed by atoms with E-state index in [1.54, 1.807) is 6.92 Å². The number of carbonyl (C=O) groups is 2. The lowest BCUT2D eigenvalue weighted by molar-refractivity contribution is -0.147. The maximum atomic E-state index is 11.7. The van der Waals surface area contributed by atoms with Crippen LogP contribution in [0.2, 0.25) is 0 Å². The predicted molar refractivity (Wildman–Crippen MR) is 74.7 cm³/mol. The summed E-state index contributed by atoms with van der Waals surface area (Å²) in [5.74, 6) is -1.17. The molecule has 0 saturated carbocycles. The van der Waals surface area contributed by atoms with Crippen molar-refractivity contribution in [2.75, 3.05) is 13.2 Å². The first-order chi connectivity index (χ1) is 9.17. The van der Waals surface area contributed by atoms with Gasteiger partial charge in [-0.05, 0) is 19.8 Å². The van der Waals surface area contributed by atoms with E-state index < -0.39 is 11.9 Å². The third kappa shape index (κ3) is 8.41. The van der Waals surface area contributed by atoms with E-state index in [0.717, 1.165) is 38.5 Å². The lowest BCUT2D eigenvalue weighted by atomic mass is 10.2. The molecule has 0 fully saturated rings. The number of hydrogen-bond acceptors (Lipinski definition) is 4. The van der Waals surface area contributed by atoms with Crippen molar-refractivity contribution in [3.05, 3.63) is 11.6 Å². The molecule has 0 aromatic carbocycles. The Morgan fingerprint density at radius 1 is 0.842 bits per heavy atom. The van der Waals surface area contributed by atoms with E-state index in [1.807, 2.05) is 0 Å². The maximum Gasteiger partial charge on any atom is 0.345 e. The molecule has 0 heterocycles. The molecule has 0 aliphatic heterocycles. The first-order valence-corrected chi connectivity index (χ1v) is 7.17. The Morgan fingerprint density at radius 2 is 1.26 bits per heavy atom. The molecule has 4 nitrogen and oxygen atoms in total. The molecule has 0 atom stereocenters. The first kappa shape index (κ1) is 17.7. The topological polar surface area (TPSA) is 52.6 Å². The van der Waals surface area contributed by atoms with Gasteiger partial charge in [-0.1, -0.05) is 45.6 Å². The van der Waals surface area contributed by atoms with E-state index in [0.29, 0.717) is 13.2 Å². The first-order valence-electron chi connectivity index (χ1n) is 7.17. The molecule has 0 radical (unpaired) electrons. The van der Waals surface area contributed by atoms with Gasteiger partial charge >= 0.3 is 11.9 Å². The molecule has 0 aromatic heterocycles. The number of unbranched alkanes of at least 4 members (excludes halogenated alkanes) is 4. The minimum absolute atomic E-state index is 0.00648. The molecule has 0 rings (SSSR count). The minimum Gasteiger partial charge on any atom is -0.462 e. The Bertz CT molecular complexity index is 269.